The summed E-state index contributed by atoms with van der Waals surface area (Å²) >= 11 is 4.23. The number of phenolic OH excluding ortho intramolecular Hbond substituents is 1. The molecule has 0 amide bonds. The molecule has 3 rings (SSSR count). The van der Waals surface area contributed by atoms with Crippen LogP contribution in [0.1, 0.15) is 5.56 Å². The van der Waals surface area contributed by atoms with Crippen molar-refractivity contribution in [3.63, 3.8) is 0 Å². The van der Waals surface area contributed by atoms with E-state index in [0.717, 1.165) is 7.14 Å². The maximum atomic E-state index is 13.1. The topological polar surface area (TPSA) is 98.6 Å². The van der Waals surface area contributed by atoms with E-state index in [-0.39, 0.29) is 23.5 Å². The van der Waals surface area contributed by atoms with E-state index in [1.807, 2.05) is 12.1 Å². The van der Waals surface area contributed by atoms with Gasteiger partial charge in [-0.15, -0.1) is 0 Å². The second-order valence-electron chi connectivity index (χ2n) is 6.00. The Morgan fingerprint density at radius 2 is 1.76 bits per heavy atom. The van der Waals surface area contributed by atoms with Crippen molar-refractivity contribution < 1.29 is 9.50 Å². The van der Waals surface area contributed by atoms with Gasteiger partial charge in [0.2, 0.25) is 17.8 Å². The van der Waals surface area contributed by atoms with Crippen LogP contribution in [-0.4, -0.2) is 40.4 Å². The van der Waals surface area contributed by atoms with Gasteiger partial charge in [-0.25, -0.2) is 9.82 Å². The molecule has 29 heavy (non-hydrogen) atoms. The molecule has 0 aliphatic rings. The number of nitrogens with one attached hydrogen (secondary N) is 2. The average Bonchev–Trinajstić information content (AvgIpc) is 2.67. The van der Waals surface area contributed by atoms with Crippen molar-refractivity contribution in [2.75, 3.05) is 29.7 Å². The van der Waals surface area contributed by atoms with Crippen LogP contribution in [0, 0.1) is 13.0 Å². The highest BCUT2D eigenvalue weighted by Gasteiger charge is 2.09. The van der Waals surface area contributed by atoms with Crippen LogP contribution in [-0.2, 0) is 0 Å². The van der Waals surface area contributed by atoms with Crippen LogP contribution in [0.25, 0.3) is 0 Å². The Kier molecular flexibility index (Phi) is 7.00. The van der Waals surface area contributed by atoms with Crippen LogP contribution in [0.3, 0.4) is 0 Å². The summed E-state index contributed by atoms with van der Waals surface area (Å²) in [7, 11) is 3.60. The third-order valence-electron chi connectivity index (χ3n) is 3.55. The van der Waals surface area contributed by atoms with Gasteiger partial charge in [-0.3, -0.25) is 0 Å². The average molecular weight is 619 g/mol. The number of hydrogen-bond acceptors (Lipinski definition) is 8. The molecule has 3 N–H and O–H groups in total. The molecular weight excluding hydrogens is 603 g/mol. The summed E-state index contributed by atoms with van der Waals surface area (Å²) in [5.74, 6) is 0.725. The molecule has 1 heterocycles. The standard InChI is InChI=1S/C18H16FI2N7O/c1-28(2)18-25-16(23-13-5-3-11(19)4-6-13)24-17(26-18)27-22-9-10-7-12(20)8-14(21)15(10)29/h3-9,29H,1-2H3,(H2,23,24,25,26,27)/b22-9-. The molecule has 0 unspecified atom stereocenters. The van der Waals surface area contributed by atoms with E-state index in [2.05, 4.69) is 76.0 Å². The molecule has 3 aromatic rings. The smallest absolute Gasteiger partial charge is 0.250 e. The van der Waals surface area contributed by atoms with Gasteiger partial charge in [-0.05, 0) is 81.6 Å². The lowest BCUT2D eigenvalue weighted by atomic mass is 10.2. The number of anilines is 4. The number of aromatic nitrogens is 3. The second kappa shape index (κ2) is 9.47. The number of rotatable bonds is 6. The van der Waals surface area contributed by atoms with Gasteiger partial charge in [-0.2, -0.15) is 20.1 Å². The Labute approximate surface area is 194 Å². The van der Waals surface area contributed by atoms with Gasteiger partial charge in [0.05, 0.1) is 9.78 Å². The van der Waals surface area contributed by atoms with Gasteiger partial charge in [-0.1, -0.05) is 0 Å². The fourth-order valence-electron chi connectivity index (χ4n) is 2.18. The van der Waals surface area contributed by atoms with Gasteiger partial charge in [0.15, 0.2) is 0 Å². The molecule has 0 saturated heterocycles. The van der Waals surface area contributed by atoms with Crippen LogP contribution in [0.5, 0.6) is 5.75 Å². The zero-order valence-corrected chi connectivity index (χ0v) is 19.7. The van der Waals surface area contributed by atoms with Crippen LogP contribution in [0.4, 0.5) is 27.9 Å². The van der Waals surface area contributed by atoms with Crippen molar-refractivity contribution in [1.82, 2.24) is 15.0 Å². The van der Waals surface area contributed by atoms with Gasteiger partial charge >= 0.3 is 0 Å². The van der Waals surface area contributed by atoms with E-state index in [0.29, 0.717) is 17.2 Å². The zero-order valence-electron chi connectivity index (χ0n) is 15.4. The van der Waals surface area contributed by atoms with Crippen molar-refractivity contribution >= 4 is 74.9 Å². The van der Waals surface area contributed by atoms with Crippen molar-refractivity contribution in [3.8, 4) is 5.75 Å². The lowest BCUT2D eigenvalue weighted by Crippen LogP contribution is -2.15. The van der Waals surface area contributed by atoms with E-state index in [4.69, 9.17) is 0 Å². The first-order valence-corrected chi connectivity index (χ1v) is 10.4. The molecule has 0 aliphatic heterocycles. The molecule has 0 atom stereocenters. The van der Waals surface area contributed by atoms with Crippen LogP contribution >= 0.6 is 45.2 Å². The number of halogens is 3. The SMILES string of the molecule is CN(C)c1nc(N/N=C\c2cc(I)cc(I)c2O)nc(Nc2ccc(F)cc2)n1. The molecule has 0 fully saturated rings. The number of aromatic hydroxyl groups is 1. The number of hydrogen-bond donors (Lipinski definition) is 3. The summed E-state index contributed by atoms with van der Waals surface area (Å²) < 4.78 is 14.8. The molecule has 0 bridgehead atoms. The van der Waals surface area contributed by atoms with E-state index < -0.39 is 0 Å². The summed E-state index contributed by atoms with van der Waals surface area (Å²) in [6.45, 7) is 0. The second-order valence-corrected chi connectivity index (χ2v) is 8.41. The molecule has 11 heteroatoms. The van der Waals surface area contributed by atoms with Gasteiger partial charge in [0, 0.05) is 28.9 Å². The van der Waals surface area contributed by atoms with Crippen LogP contribution in [0.15, 0.2) is 41.5 Å². The van der Waals surface area contributed by atoms with Crippen LogP contribution < -0.4 is 15.6 Å². The Hall–Kier alpha value is -2.29. The predicted molar refractivity (Wildman–Crippen MR) is 129 cm³/mol. The highest BCUT2D eigenvalue weighted by molar-refractivity contribution is 14.1. The zero-order chi connectivity index (χ0) is 21.0. The maximum absolute atomic E-state index is 13.1. The monoisotopic (exact) mass is 619 g/mol. The summed E-state index contributed by atoms with van der Waals surface area (Å²) in [5, 5.41) is 17.3. The van der Waals surface area contributed by atoms with Crippen molar-refractivity contribution in [2.24, 2.45) is 5.10 Å². The fourth-order valence-corrected chi connectivity index (χ4v) is 4.07. The van der Waals surface area contributed by atoms with E-state index in [9.17, 15) is 9.50 Å². The maximum Gasteiger partial charge on any atom is 0.250 e. The molecule has 0 aliphatic carbocycles. The molecule has 1 aromatic heterocycles. The molecular formula is C18H16FI2N7O. The first-order valence-electron chi connectivity index (χ1n) is 8.25. The minimum atomic E-state index is -0.328. The Morgan fingerprint density at radius 3 is 2.45 bits per heavy atom. The highest BCUT2D eigenvalue weighted by Crippen LogP contribution is 2.25. The van der Waals surface area contributed by atoms with Gasteiger partial charge in [0.25, 0.3) is 0 Å². The van der Waals surface area contributed by atoms with Crippen molar-refractivity contribution in [1.29, 1.82) is 0 Å². The number of phenols is 1. The van der Waals surface area contributed by atoms with E-state index in [1.165, 1.54) is 18.3 Å². The number of hydrazone groups is 1. The largest absolute Gasteiger partial charge is 0.506 e. The Balaban J connectivity index is 1.83. The molecule has 0 spiro atoms. The molecule has 2 aromatic carbocycles. The van der Waals surface area contributed by atoms with E-state index >= 15 is 0 Å². The molecule has 150 valence electrons. The summed E-state index contributed by atoms with van der Waals surface area (Å²) in [5.41, 5.74) is 3.96. The lowest BCUT2D eigenvalue weighted by Gasteiger charge is -2.13. The van der Waals surface area contributed by atoms with Gasteiger partial charge < -0.3 is 15.3 Å². The van der Waals surface area contributed by atoms with Crippen molar-refractivity contribution in [3.05, 3.63) is 54.9 Å². The minimum absolute atomic E-state index is 0.153. The molecule has 0 saturated carbocycles. The third kappa shape index (κ3) is 5.85. The number of nitrogens with zero attached hydrogens (tertiary/aromatic N) is 5. The summed E-state index contributed by atoms with van der Waals surface area (Å²) in [6, 6.07) is 9.53. The summed E-state index contributed by atoms with van der Waals surface area (Å²) in [4.78, 5) is 14.6. The predicted octanol–water partition coefficient (Wildman–Crippen LogP) is 4.18. The normalized spacial score (nSPS) is 10.9. The quantitative estimate of drug-likeness (QED) is 0.217. The Bertz CT molecular complexity index is 1050. The van der Waals surface area contributed by atoms with Gasteiger partial charge in [0.1, 0.15) is 11.6 Å². The van der Waals surface area contributed by atoms with E-state index in [1.54, 1.807) is 31.1 Å². The summed E-state index contributed by atoms with van der Waals surface area (Å²) in [6.07, 6.45) is 1.49. The number of benzene rings is 2. The first-order chi connectivity index (χ1) is 13.8. The highest BCUT2D eigenvalue weighted by atomic mass is 127. The minimum Gasteiger partial charge on any atom is -0.506 e. The molecule has 8 nitrogen and oxygen atoms in total. The fraction of sp³-hybridized carbons (Fsp3) is 0.111. The third-order valence-corrected chi connectivity index (χ3v) is 4.99. The van der Waals surface area contributed by atoms with Crippen molar-refractivity contribution in [2.45, 2.75) is 0 Å². The first kappa shape index (κ1) is 21.4. The molecule has 0 radical (unpaired) electrons. The lowest BCUT2D eigenvalue weighted by molar-refractivity contribution is 0.470. The van der Waals surface area contributed by atoms with Crippen LogP contribution in [0.2, 0.25) is 0 Å². The Morgan fingerprint density at radius 1 is 1.07 bits per heavy atom.